The highest BCUT2D eigenvalue weighted by Gasteiger charge is 2.21. The molecule has 0 spiro atoms. The maximum Gasteiger partial charge on any atom is 0.360 e. The Morgan fingerprint density at radius 1 is 1.41 bits per heavy atom. The number of aliphatic hydroxyl groups excluding tert-OH is 2. The number of halogens is 1. The van der Waals surface area contributed by atoms with Crippen LogP contribution in [0.2, 0.25) is 5.02 Å². The molecule has 2 aromatic rings. The molecular formula is C14H16ClN3O4. The van der Waals surface area contributed by atoms with E-state index in [1.165, 1.54) is 4.68 Å². The van der Waals surface area contributed by atoms with Crippen molar-refractivity contribution in [2.45, 2.75) is 26.2 Å². The predicted molar refractivity (Wildman–Crippen MR) is 78.3 cm³/mol. The summed E-state index contributed by atoms with van der Waals surface area (Å²) in [5.74, 6) is -0.654. The van der Waals surface area contributed by atoms with Gasteiger partial charge in [-0.05, 0) is 24.6 Å². The van der Waals surface area contributed by atoms with Gasteiger partial charge in [0, 0.05) is 5.02 Å². The molecule has 22 heavy (non-hydrogen) atoms. The van der Waals surface area contributed by atoms with Gasteiger partial charge in [-0.3, -0.25) is 0 Å². The van der Waals surface area contributed by atoms with Crippen LogP contribution < -0.4 is 0 Å². The average molecular weight is 326 g/mol. The molecule has 118 valence electrons. The Bertz CT molecular complexity index is 642. The number of benzene rings is 1. The van der Waals surface area contributed by atoms with E-state index in [4.69, 9.17) is 16.3 Å². The fraction of sp³-hybridized carbons (Fsp3) is 0.357. The lowest BCUT2D eigenvalue weighted by Crippen LogP contribution is -2.15. The van der Waals surface area contributed by atoms with E-state index >= 15 is 0 Å². The normalized spacial score (nSPS) is 12.2. The number of hydrogen-bond acceptors (Lipinski definition) is 6. The van der Waals surface area contributed by atoms with Crippen LogP contribution >= 0.6 is 11.6 Å². The highest BCUT2D eigenvalue weighted by atomic mass is 35.5. The highest BCUT2D eigenvalue weighted by Crippen LogP contribution is 2.19. The van der Waals surface area contributed by atoms with Gasteiger partial charge in [-0.25, -0.2) is 9.48 Å². The monoisotopic (exact) mass is 325 g/mol. The van der Waals surface area contributed by atoms with Crippen LogP contribution in [0.15, 0.2) is 24.3 Å². The molecular weight excluding hydrogens is 310 g/mol. The van der Waals surface area contributed by atoms with Crippen molar-refractivity contribution in [3.8, 4) is 0 Å². The van der Waals surface area contributed by atoms with Crippen LogP contribution in [0, 0.1) is 0 Å². The van der Waals surface area contributed by atoms with Gasteiger partial charge in [-0.2, -0.15) is 0 Å². The van der Waals surface area contributed by atoms with Crippen LogP contribution in [-0.4, -0.2) is 37.8 Å². The van der Waals surface area contributed by atoms with E-state index in [0.717, 1.165) is 0 Å². The average Bonchev–Trinajstić information content (AvgIpc) is 2.90. The SMILES string of the molecule is CCOC(=O)c1nnn(C[C@H](O)c2ccc(Cl)cc2)c1CO. The predicted octanol–water partition coefficient (Wildman–Crippen LogP) is 1.33. The molecule has 0 bridgehead atoms. The van der Waals surface area contributed by atoms with Gasteiger partial charge in [0.05, 0.1) is 31.6 Å². The van der Waals surface area contributed by atoms with Gasteiger partial charge in [0.15, 0.2) is 5.69 Å². The minimum Gasteiger partial charge on any atom is -0.461 e. The van der Waals surface area contributed by atoms with Crippen molar-refractivity contribution in [2.24, 2.45) is 0 Å². The first-order chi connectivity index (χ1) is 10.6. The molecule has 8 heteroatoms. The van der Waals surface area contributed by atoms with E-state index in [1.807, 2.05) is 0 Å². The van der Waals surface area contributed by atoms with Crippen molar-refractivity contribution < 1.29 is 19.7 Å². The minimum absolute atomic E-state index is 0.0456. The fourth-order valence-corrected chi connectivity index (χ4v) is 2.07. The molecule has 2 N–H and O–H groups in total. The molecule has 0 saturated carbocycles. The molecule has 0 amide bonds. The summed E-state index contributed by atoms with van der Waals surface area (Å²) in [6, 6.07) is 6.71. The van der Waals surface area contributed by atoms with Gasteiger partial charge < -0.3 is 14.9 Å². The number of ether oxygens (including phenoxy) is 1. The molecule has 0 radical (unpaired) electrons. The maximum atomic E-state index is 11.7. The number of aliphatic hydroxyl groups is 2. The zero-order valence-corrected chi connectivity index (χ0v) is 12.7. The summed E-state index contributed by atoms with van der Waals surface area (Å²) in [7, 11) is 0. The molecule has 0 saturated heterocycles. The Kier molecular flexibility index (Phi) is 5.48. The number of carbonyl (C=O) groups excluding carboxylic acids is 1. The Labute approximate surface area is 132 Å². The van der Waals surface area contributed by atoms with Gasteiger partial charge in [-0.1, -0.05) is 28.9 Å². The second-order valence-electron chi connectivity index (χ2n) is 4.51. The van der Waals surface area contributed by atoms with Crippen LogP contribution in [-0.2, 0) is 17.9 Å². The third-order valence-electron chi connectivity index (χ3n) is 3.06. The smallest absolute Gasteiger partial charge is 0.360 e. The van der Waals surface area contributed by atoms with Gasteiger partial charge in [0.2, 0.25) is 0 Å². The number of rotatable bonds is 6. The highest BCUT2D eigenvalue weighted by molar-refractivity contribution is 6.30. The van der Waals surface area contributed by atoms with Crippen molar-refractivity contribution in [1.29, 1.82) is 0 Å². The van der Waals surface area contributed by atoms with E-state index in [-0.39, 0.29) is 24.5 Å². The van der Waals surface area contributed by atoms with Crippen molar-refractivity contribution >= 4 is 17.6 Å². The van der Waals surface area contributed by atoms with Crippen LogP contribution in [0.1, 0.15) is 34.8 Å². The lowest BCUT2D eigenvalue weighted by molar-refractivity contribution is 0.0515. The maximum absolute atomic E-state index is 11.7. The third-order valence-corrected chi connectivity index (χ3v) is 3.31. The molecule has 2 rings (SSSR count). The van der Waals surface area contributed by atoms with Crippen LogP contribution in [0.4, 0.5) is 0 Å². The van der Waals surface area contributed by atoms with E-state index in [9.17, 15) is 15.0 Å². The summed E-state index contributed by atoms with van der Waals surface area (Å²) in [4.78, 5) is 11.7. The first kappa shape index (κ1) is 16.4. The summed E-state index contributed by atoms with van der Waals surface area (Å²) in [5.41, 5.74) is 0.792. The number of hydrogen-bond donors (Lipinski definition) is 2. The number of nitrogens with zero attached hydrogens (tertiary/aromatic N) is 3. The fourth-order valence-electron chi connectivity index (χ4n) is 1.95. The van der Waals surface area contributed by atoms with Crippen LogP contribution in [0.5, 0.6) is 0 Å². The molecule has 0 aliphatic heterocycles. The summed E-state index contributed by atoms with van der Waals surface area (Å²) in [6.07, 6.45) is -0.876. The molecule has 0 fully saturated rings. The molecule has 0 aliphatic carbocycles. The minimum atomic E-state index is -0.876. The van der Waals surface area contributed by atoms with E-state index < -0.39 is 18.7 Å². The van der Waals surface area contributed by atoms with Crippen LogP contribution in [0.3, 0.4) is 0 Å². The molecule has 7 nitrogen and oxygen atoms in total. The second kappa shape index (κ2) is 7.35. The second-order valence-corrected chi connectivity index (χ2v) is 4.95. The van der Waals surface area contributed by atoms with E-state index in [2.05, 4.69) is 10.3 Å². The Balaban J connectivity index is 2.19. The zero-order chi connectivity index (χ0) is 16.1. The van der Waals surface area contributed by atoms with Gasteiger partial charge in [0.25, 0.3) is 0 Å². The molecule has 0 unspecified atom stereocenters. The Hall–Kier alpha value is -1.96. The molecule has 1 heterocycles. The van der Waals surface area contributed by atoms with Crippen molar-refractivity contribution in [1.82, 2.24) is 15.0 Å². The van der Waals surface area contributed by atoms with E-state index in [0.29, 0.717) is 10.6 Å². The van der Waals surface area contributed by atoms with Gasteiger partial charge in [-0.15, -0.1) is 5.10 Å². The largest absolute Gasteiger partial charge is 0.461 e. The lowest BCUT2D eigenvalue weighted by atomic mass is 10.1. The first-order valence-electron chi connectivity index (χ1n) is 6.70. The standard InChI is InChI=1S/C14H16ClN3O4/c1-2-22-14(21)13-11(8-19)18(17-16-13)7-12(20)9-3-5-10(15)6-4-9/h3-6,12,19-20H,2,7-8H2,1H3/t12-/m0/s1. The third kappa shape index (κ3) is 3.62. The Morgan fingerprint density at radius 3 is 2.68 bits per heavy atom. The summed E-state index contributed by atoms with van der Waals surface area (Å²) in [5, 5.41) is 27.7. The zero-order valence-electron chi connectivity index (χ0n) is 11.9. The molecule has 1 aromatic carbocycles. The quantitative estimate of drug-likeness (QED) is 0.778. The summed E-state index contributed by atoms with van der Waals surface area (Å²) < 4.78 is 6.13. The summed E-state index contributed by atoms with van der Waals surface area (Å²) in [6.45, 7) is 1.48. The topological polar surface area (TPSA) is 97.5 Å². The van der Waals surface area contributed by atoms with Crippen molar-refractivity contribution in [2.75, 3.05) is 6.61 Å². The molecule has 1 atom stereocenters. The first-order valence-corrected chi connectivity index (χ1v) is 7.08. The number of aromatic nitrogens is 3. The number of carbonyl (C=O) groups is 1. The Morgan fingerprint density at radius 2 is 2.09 bits per heavy atom. The lowest BCUT2D eigenvalue weighted by Gasteiger charge is -2.12. The van der Waals surface area contributed by atoms with Gasteiger partial charge in [0.1, 0.15) is 0 Å². The van der Waals surface area contributed by atoms with E-state index in [1.54, 1.807) is 31.2 Å². The molecule has 0 aliphatic rings. The summed E-state index contributed by atoms with van der Waals surface area (Å²) >= 11 is 5.80. The molecule has 1 aromatic heterocycles. The van der Waals surface area contributed by atoms with Crippen LogP contribution in [0.25, 0.3) is 0 Å². The van der Waals surface area contributed by atoms with Gasteiger partial charge >= 0.3 is 5.97 Å². The van der Waals surface area contributed by atoms with Crippen molar-refractivity contribution in [3.05, 3.63) is 46.2 Å². The van der Waals surface area contributed by atoms with Crippen molar-refractivity contribution in [3.63, 3.8) is 0 Å². The number of esters is 1.